The maximum Gasteiger partial charge on any atom is 0.0157 e. The van der Waals surface area contributed by atoms with Crippen molar-refractivity contribution in [3.05, 3.63) is 0 Å². The standard InChI is InChI=1S/C16H29N/c1-2-12-5-7-16(17,8-6-12)11-15-10-13-3-4-14(15)9-13/h12-15H,2-11,17H2,1H3. The highest BCUT2D eigenvalue weighted by atomic mass is 14.8. The van der Waals surface area contributed by atoms with Crippen molar-refractivity contribution in [2.75, 3.05) is 0 Å². The highest BCUT2D eigenvalue weighted by Crippen LogP contribution is 2.52. The zero-order valence-electron chi connectivity index (χ0n) is 11.5. The van der Waals surface area contributed by atoms with Crippen LogP contribution in [0.2, 0.25) is 0 Å². The Kier molecular flexibility index (Phi) is 3.23. The summed E-state index contributed by atoms with van der Waals surface area (Å²) >= 11 is 0. The molecule has 1 heteroatoms. The van der Waals surface area contributed by atoms with Crippen LogP contribution in [0.25, 0.3) is 0 Å². The molecule has 2 N–H and O–H groups in total. The van der Waals surface area contributed by atoms with Gasteiger partial charge < -0.3 is 5.73 Å². The van der Waals surface area contributed by atoms with E-state index in [1.165, 1.54) is 57.8 Å². The van der Waals surface area contributed by atoms with E-state index in [-0.39, 0.29) is 5.54 Å². The summed E-state index contributed by atoms with van der Waals surface area (Å²) in [6, 6.07) is 0. The Hall–Kier alpha value is -0.0400. The van der Waals surface area contributed by atoms with Crippen LogP contribution in [0.5, 0.6) is 0 Å². The molecule has 2 bridgehead atoms. The summed E-state index contributed by atoms with van der Waals surface area (Å²) in [6.45, 7) is 2.34. The Bertz CT molecular complexity index is 265. The molecular weight excluding hydrogens is 206 g/mol. The normalized spacial score (nSPS) is 49.8. The fraction of sp³-hybridized carbons (Fsp3) is 1.00. The molecular formula is C16H29N. The lowest BCUT2D eigenvalue weighted by atomic mass is 9.70. The second-order valence-electron chi connectivity index (χ2n) is 7.35. The van der Waals surface area contributed by atoms with Crippen molar-refractivity contribution in [1.29, 1.82) is 0 Å². The number of nitrogens with two attached hydrogens (primary N) is 1. The summed E-state index contributed by atoms with van der Waals surface area (Å²) in [5, 5.41) is 0. The van der Waals surface area contributed by atoms with Gasteiger partial charge in [0.05, 0.1) is 0 Å². The molecule has 0 aliphatic heterocycles. The predicted octanol–water partition coefficient (Wildman–Crippen LogP) is 4.11. The van der Waals surface area contributed by atoms with Crippen LogP contribution in [-0.2, 0) is 0 Å². The largest absolute Gasteiger partial charge is 0.325 e. The van der Waals surface area contributed by atoms with Crippen molar-refractivity contribution >= 4 is 0 Å². The lowest BCUT2D eigenvalue weighted by Crippen LogP contribution is -2.45. The van der Waals surface area contributed by atoms with Crippen LogP contribution < -0.4 is 5.73 Å². The van der Waals surface area contributed by atoms with Gasteiger partial charge in [0, 0.05) is 5.54 Å². The van der Waals surface area contributed by atoms with E-state index in [1.54, 1.807) is 6.42 Å². The van der Waals surface area contributed by atoms with E-state index in [9.17, 15) is 0 Å². The highest BCUT2D eigenvalue weighted by molar-refractivity contribution is 4.97. The molecule has 17 heavy (non-hydrogen) atoms. The van der Waals surface area contributed by atoms with Gasteiger partial charge in [-0.1, -0.05) is 19.8 Å². The molecule has 98 valence electrons. The molecule has 3 aliphatic carbocycles. The predicted molar refractivity (Wildman–Crippen MR) is 72.7 cm³/mol. The first-order valence-electron chi connectivity index (χ1n) is 7.97. The molecule has 3 fully saturated rings. The Labute approximate surface area is 107 Å². The van der Waals surface area contributed by atoms with E-state index in [2.05, 4.69) is 6.92 Å². The maximum atomic E-state index is 6.69. The summed E-state index contributed by atoms with van der Waals surface area (Å²) in [7, 11) is 0. The highest BCUT2D eigenvalue weighted by Gasteiger charge is 2.43. The van der Waals surface area contributed by atoms with E-state index in [0.29, 0.717) is 0 Å². The van der Waals surface area contributed by atoms with Crippen LogP contribution >= 0.6 is 0 Å². The molecule has 0 radical (unpaired) electrons. The maximum absolute atomic E-state index is 6.69. The Balaban J connectivity index is 1.54. The molecule has 0 aromatic carbocycles. The van der Waals surface area contributed by atoms with Gasteiger partial charge in [0.2, 0.25) is 0 Å². The third-order valence-corrected chi connectivity index (χ3v) is 6.23. The Morgan fingerprint density at radius 2 is 1.82 bits per heavy atom. The number of hydrogen-bond acceptors (Lipinski definition) is 1. The summed E-state index contributed by atoms with van der Waals surface area (Å²) in [6.07, 6.45) is 14.2. The molecule has 3 rings (SSSR count). The summed E-state index contributed by atoms with van der Waals surface area (Å²) in [5.74, 6) is 4.12. The van der Waals surface area contributed by atoms with Crippen LogP contribution in [0, 0.1) is 23.7 Å². The molecule has 0 aromatic rings. The second kappa shape index (κ2) is 4.57. The van der Waals surface area contributed by atoms with Crippen molar-refractivity contribution in [1.82, 2.24) is 0 Å². The summed E-state index contributed by atoms with van der Waals surface area (Å²) in [5.41, 5.74) is 6.91. The van der Waals surface area contributed by atoms with Gasteiger partial charge in [-0.15, -0.1) is 0 Å². The van der Waals surface area contributed by atoms with Gasteiger partial charge in [-0.2, -0.15) is 0 Å². The minimum absolute atomic E-state index is 0.223. The molecule has 0 aromatic heterocycles. The smallest absolute Gasteiger partial charge is 0.0157 e. The van der Waals surface area contributed by atoms with Crippen molar-refractivity contribution in [3.63, 3.8) is 0 Å². The van der Waals surface area contributed by atoms with Crippen LogP contribution in [0.1, 0.15) is 71.1 Å². The summed E-state index contributed by atoms with van der Waals surface area (Å²) < 4.78 is 0. The molecule has 3 aliphatic rings. The number of rotatable bonds is 3. The summed E-state index contributed by atoms with van der Waals surface area (Å²) in [4.78, 5) is 0. The molecule has 3 saturated carbocycles. The van der Waals surface area contributed by atoms with Crippen LogP contribution in [0.4, 0.5) is 0 Å². The molecule has 1 nitrogen and oxygen atoms in total. The van der Waals surface area contributed by atoms with Crippen LogP contribution in [0.15, 0.2) is 0 Å². The fourth-order valence-electron chi connectivity index (χ4n) is 5.01. The molecule has 0 amide bonds. The van der Waals surface area contributed by atoms with E-state index >= 15 is 0 Å². The Morgan fingerprint density at radius 3 is 2.35 bits per heavy atom. The van der Waals surface area contributed by atoms with E-state index < -0.39 is 0 Å². The molecule has 0 heterocycles. The minimum Gasteiger partial charge on any atom is -0.325 e. The number of hydrogen-bond donors (Lipinski definition) is 1. The third-order valence-electron chi connectivity index (χ3n) is 6.23. The first-order chi connectivity index (χ1) is 8.18. The SMILES string of the molecule is CCC1CCC(N)(CC2CC3CCC2C3)CC1. The van der Waals surface area contributed by atoms with Gasteiger partial charge >= 0.3 is 0 Å². The first-order valence-corrected chi connectivity index (χ1v) is 7.97. The molecule has 0 saturated heterocycles. The average molecular weight is 235 g/mol. The van der Waals surface area contributed by atoms with Gasteiger partial charge in [0.15, 0.2) is 0 Å². The lowest BCUT2D eigenvalue weighted by Gasteiger charge is -2.40. The van der Waals surface area contributed by atoms with Crippen molar-refractivity contribution in [3.8, 4) is 0 Å². The molecule has 3 unspecified atom stereocenters. The second-order valence-corrected chi connectivity index (χ2v) is 7.35. The monoisotopic (exact) mass is 235 g/mol. The van der Waals surface area contributed by atoms with Crippen LogP contribution in [-0.4, -0.2) is 5.54 Å². The van der Waals surface area contributed by atoms with Crippen LogP contribution in [0.3, 0.4) is 0 Å². The third kappa shape index (κ3) is 2.41. The van der Waals surface area contributed by atoms with E-state index in [4.69, 9.17) is 5.73 Å². The van der Waals surface area contributed by atoms with Crippen molar-refractivity contribution in [2.24, 2.45) is 29.4 Å². The van der Waals surface area contributed by atoms with E-state index in [0.717, 1.165) is 23.7 Å². The van der Waals surface area contributed by atoms with E-state index in [1.807, 2.05) is 0 Å². The lowest BCUT2D eigenvalue weighted by molar-refractivity contribution is 0.167. The van der Waals surface area contributed by atoms with Gasteiger partial charge in [-0.25, -0.2) is 0 Å². The van der Waals surface area contributed by atoms with Gasteiger partial charge in [-0.3, -0.25) is 0 Å². The molecule has 0 spiro atoms. The topological polar surface area (TPSA) is 26.0 Å². The average Bonchev–Trinajstić information content (AvgIpc) is 2.91. The van der Waals surface area contributed by atoms with Crippen molar-refractivity contribution < 1.29 is 0 Å². The quantitative estimate of drug-likeness (QED) is 0.782. The van der Waals surface area contributed by atoms with Gasteiger partial charge in [-0.05, 0) is 75.0 Å². The zero-order chi connectivity index (χ0) is 11.9. The van der Waals surface area contributed by atoms with Crippen molar-refractivity contribution in [2.45, 2.75) is 76.7 Å². The Morgan fingerprint density at radius 1 is 1.06 bits per heavy atom. The first kappa shape index (κ1) is 12.0. The molecule has 3 atom stereocenters. The van der Waals surface area contributed by atoms with Gasteiger partial charge in [0.25, 0.3) is 0 Å². The zero-order valence-corrected chi connectivity index (χ0v) is 11.5. The number of fused-ring (bicyclic) bond motifs is 2. The minimum atomic E-state index is 0.223. The van der Waals surface area contributed by atoms with Gasteiger partial charge in [0.1, 0.15) is 0 Å². The fourth-order valence-corrected chi connectivity index (χ4v) is 5.01.